The zero-order chi connectivity index (χ0) is 23.0. The van der Waals surface area contributed by atoms with Crippen LogP contribution in [0.1, 0.15) is 5.56 Å². The fraction of sp³-hybridized carbons (Fsp3) is 0.0952. The number of amides is 1. The minimum atomic E-state index is -0.958. The summed E-state index contributed by atoms with van der Waals surface area (Å²) in [6.45, 7) is -0.436. The van der Waals surface area contributed by atoms with Crippen LogP contribution < -0.4 is 16.6 Å². The van der Waals surface area contributed by atoms with E-state index in [0.29, 0.717) is 16.2 Å². The zero-order valence-electron chi connectivity index (χ0n) is 16.1. The molecule has 0 fully saturated rings. The molecular weight excluding hydrogens is 467 g/mol. The van der Waals surface area contributed by atoms with E-state index in [4.69, 9.17) is 11.6 Å². The summed E-state index contributed by atoms with van der Waals surface area (Å²) in [5, 5.41) is 4.06. The van der Waals surface area contributed by atoms with Gasteiger partial charge in [-0.25, -0.2) is 22.5 Å². The van der Waals surface area contributed by atoms with E-state index < -0.39 is 41.2 Å². The molecule has 2 heterocycles. The van der Waals surface area contributed by atoms with Gasteiger partial charge in [-0.3, -0.25) is 14.2 Å². The van der Waals surface area contributed by atoms with Crippen LogP contribution in [0.5, 0.6) is 0 Å². The molecular formula is C21H13ClF3N3O3S. The number of aromatic nitrogens is 2. The molecule has 1 amide bonds. The predicted molar refractivity (Wildman–Crippen MR) is 115 cm³/mol. The van der Waals surface area contributed by atoms with E-state index in [1.54, 1.807) is 5.38 Å². The highest BCUT2D eigenvalue weighted by atomic mass is 35.5. The smallest absolute Gasteiger partial charge is 0.336 e. The Kier molecular flexibility index (Phi) is 5.90. The average molecular weight is 480 g/mol. The minimum Gasteiger partial charge on any atom is -0.350 e. The Balaban J connectivity index is 1.70. The quantitative estimate of drug-likeness (QED) is 0.475. The second-order valence-electron chi connectivity index (χ2n) is 6.80. The molecule has 32 heavy (non-hydrogen) atoms. The van der Waals surface area contributed by atoms with E-state index in [2.05, 4.69) is 5.32 Å². The first-order valence-corrected chi connectivity index (χ1v) is 10.4. The molecule has 0 spiro atoms. The van der Waals surface area contributed by atoms with Gasteiger partial charge in [-0.15, -0.1) is 11.3 Å². The fourth-order valence-corrected chi connectivity index (χ4v) is 4.21. The summed E-state index contributed by atoms with van der Waals surface area (Å²) < 4.78 is 42.5. The Morgan fingerprint density at radius 2 is 1.75 bits per heavy atom. The molecule has 1 N–H and O–H groups in total. The Bertz CT molecular complexity index is 1460. The minimum absolute atomic E-state index is 0.0229. The van der Waals surface area contributed by atoms with Crippen molar-refractivity contribution in [2.45, 2.75) is 13.1 Å². The van der Waals surface area contributed by atoms with Crippen molar-refractivity contribution in [2.75, 3.05) is 0 Å². The zero-order valence-corrected chi connectivity index (χ0v) is 17.6. The van der Waals surface area contributed by atoms with Crippen molar-refractivity contribution in [3.05, 3.63) is 96.7 Å². The fourth-order valence-electron chi connectivity index (χ4n) is 3.19. The first-order valence-electron chi connectivity index (χ1n) is 9.15. The summed E-state index contributed by atoms with van der Waals surface area (Å²) in [7, 11) is 0. The van der Waals surface area contributed by atoms with Gasteiger partial charge in [0, 0.05) is 12.6 Å². The molecule has 0 radical (unpaired) electrons. The van der Waals surface area contributed by atoms with E-state index in [-0.39, 0.29) is 27.5 Å². The molecule has 0 aliphatic rings. The molecule has 0 unspecified atom stereocenters. The number of rotatable bonds is 5. The van der Waals surface area contributed by atoms with Gasteiger partial charge in [0.05, 0.1) is 16.2 Å². The van der Waals surface area contributed by atoms with Crippen LogP contribution in [0.4, 0.5) is 13.2 Å². The third-order valence-corrected chi connectivity index (χ3v) is 5.82. The lowest BCUT2D eigenvalue weighted by molar-refractivity contribution is -0.121. The van der Waals surface area contributed by atoms with Gasteiger partial charge in [0.2, 0.25) is 5.91 Å². The van der Waals surface area contributed by atoms with E-state index >= 15 is 0 Å². The van der Waals surface area contributed by atoms with Crippen LogP contribution in [0.2, 0.25) is 5.02 Å². The number of nitrogens with zero attached hydrogens (tertiary/aromatic N) is 2. The average Bonchev–Trinajstić information content (AvgIpc) is 3.21. The number of halogens is 4. The predicted octanol–water partition coefficient (Wildman–Crippen LogP) is 3.60. The summed E-state index contributed by atoms with van der Waals surface area (Å²) in [5.41, 5.74) is -1.20. The molecule has 11 heteroatoms. The Morgan fingerprint density at radius 1 is 1.03 bits per heavy atom. The van der Waals surface area contributed by atoms with Crippen molar-refractivity contribution in [3.63, 3.8) is 0 Å². The van der Waals surface area contributed by atoms with Crippen molar-refractivity contribution in [1.82, 2.24) is 14.5 Å². The highest BCUT2D eigenvalue weighted by molar-refractivity contribution is 7.17. The van der Waals surface area contributed by atoms with Gasteiger partial charge in [0.1, 0.15) is 28.7 Å². The van der Waals surface area contributed by atoms with Crippen LogP contribution in [-0.2, 0) is 17.9 Å². The SMILES string of the molecule is O=C(Cn1c(=O)n(-c2cc(F)cc(F)c2)c(=O)c2sccc21)NCc1ccc(F)c(Cl)c1. The third kappa shape index (κ3) is 4.19. The molecule has 0 aliphatic heterocycles. The lowest BCUT2D eigenvalue weighted by atomic mass is 10.2. The van der Waals surface area contributed by atoms with Gasteiger partial charge in [-0.05, 0) is 41.3 Å². The van der Waals surface area contributed by atoms with Crippen LogP contribution in [-0.4, -0.2) is 15.0 Å². The van der Waals surface area contributed by atoms with Crippen LogP contribution in [0.3, 0.4) is 0 Å². The monoisotopic (exact) mass is 479 g/mol. The number of hydrogen-bond acceptors (Lipinski definition) is 4. The normalized spacial score (nSPS) is 11.1. The lowest BCUT2D eigenvalue weighted by Gasteiger charge is -2.13. The van der Waals surface area contributed by atoms with Gasteiger partial charge in [0.15, 0.2) is 0 Å². The topological polar surface area (TPSA) is 73.1 Å². The number of carbonyl (C=O) groups is 1. The molecule has 4 rings (SSSR count). The number of nitrogens with one attached hydrogen (secondary N) is 1. The van der Waals surface area contributed by atoms with Gasteiger partial charge in [-0.2, -0.15) is 0 Å². The van der Waals surface area contributed by atoms with Crippen LogP contribution in [0, 0.1) is 17.5 Å². The van der Waals surface area contributed by atoms with Crippen molar-refractivity contribution in [2.24, 2.45) is 0 Å². The van der Waals surface area contributed by atoms with E-state index in [9.17, 15) is 27.6 Å². The standard InChI is InChI=1S/C21H13ClF3N3O3S/c22-15-5-11(1-2-16(15)25)9-26-18(29)10-27-17-3-4-32-19(17)20(30)28(21(27)31)14-7-12(23)6-13(24)8-14/h1-8H,9-10H2,(H,26,29). The second-order valence-corrected chi connectivity index (χ2v) is 8.12. The van der Waals surface area contributed by atoms with Gasteiger partial charge in [0.25, 0.3) is 5.56 Å². The molecule has 6 nitrogen and oxygen atoms in total. The number of carbonyl (C=O) groups excluding carboxylic acids is 1. The summed E-state index contributed by atoms with van der Waals surface area (Å²) in [6.07, 6.45) is 0. The molecule has 164 valence electrons. The third-order valence-electron chi connectivity index (χ3n) is 4.64. The Hall–Kier alpha value is -3.37. The van der Waals surface area contributed by atoms with Gasteiger partial charge < -0.3 is 5.32 Å². The van der Waals surface area contributed by atoms with Gasteiger partial charge in [-0.1, -0.05) is 17.7 Å². The number of benzene rings is 2. The second kappa shape index (κ2) is 8.64. The van der Waals surface area contributed by atoms with Crippen LogP contribution in [0.25, 0.3) is 15.9 Å². The maximum atomic E-state index is 13.7. The molecule has 0 saturated carbocycles. The maximum absolute atomic E-state index is 13.7. The van der Waals surface area contributed by atoms with Crippen LogP contribution in [0.15, 0.2) is 57.4 Å². The maximum Gasteiger partial charge on any atom is 0.336 e. The molecule has 2 aromatic heterocycles. The van der Waals surface area contributed by atoms with Gasteiger partial charge >= 0.3 is 5.69 Å². The summed E-state index contributed by atoms with van der Waals surface area (Å²) in [4.78, 5) is 38.4. The first-order chi connectivity index (χ1) is 15.2. The lowest BCUT2D eigenvalue weighted by Crippen LogP contribution is -2.41. The molecule has 4 aromatic rings. The van der Waals surface area contributed by atoms with Crippen LogP contribution >= 0.6 is 22.9 Å². The number of hydrogen-bond donors (Lipinski definition) is 1. The molecule has 0 saturated heterocycles. The Labute approximate surface area is 187 Å². The van der Waals surface area contributed by atoms with Crippen molar-refractivity contribution < 1.29 is 18.0 Å². The summed E-state index contributed by atoms with van der Waals surface area (Å²) >= 11 is 6.76. The Morgan fingerprint density at radius 3 is 2.44 bits per heavy atom. The van der Waals surface area contributed by atoms with Crippen molar-refractivity contribution in [3.8, 4) is 5.69 Å². The highest BCUT2D eigenvalue weighted by Crippen LogP contribution is 2.18. The molecule has 0 aliphatic carbocycles. The highest BCUT2D eigenvalue weighted by Gasteiger charge is 2.18. The number of thiophene rings is 1. The van der Waals surface area contributed by atoms with Crippen molar-refractivity contribution in [1.29, 1.82) is 0 Å². The molecule has 0 bridgehead atoms. The van der Waals surface area contributed by atoms with Crippen molar-refractivity contribution >= 4 is 39.1 Å². The molecule has 0 atom stereocenters. The number of fused-ring (bicyclic) bond motifs is 1. The van der Waals surface area contributed by atoms with E-state index in [1.165, 1.54) is 18.2 Å². The largest absolute Gasteiger partial charge is 0.350 e. The van der Waals surface area contributed by atoms with E-state index in [1.807, 2.05) is 0 Å². The molecule has 2 aromatic carbocycles. The summed E-state index contributed by atoms with van der Waals surface area (Å²) in [5.74, 6) is -3.08. The first kappa shape index (κ1) is 21.8. The van der Waals surface area contributed by atoms with E-state index in [0.717, 1.165) is 34.1 Å². The summed E-state index contributed by atoms with van der Waals surface area (Å²) in [6, 6.07) is 7.81.